The minimum Gasteiger partial charge on any atom is -0.485 e. The highest BCUT2D eigenvalue weighted by Gasteiger charge is 2.21. The van der Waals surface area contributed by atoms with Gasteiger partial charge in [-0.3, -0.25) is 10.1 Å². The van der Waals surface area contributed by atoms with Crippen LogP contribution < -0.4 is 10.1 Å². The maximum absolute atomic E-state index is 10.9. The Kier molecular flexibility index (Phi) is 3.83. The molecule has 0 amide bonds. The number of hydrogen-bond acceptors (Lipinski definition) is 6. The summed E-state index contributed by atoms with van der Waals surface area (Å²) < 4.78 is 10.6. The average molecular weight is 289 g/mol. The van der Waals surface area contributed by atoms with Gasteiger partial charge in [-0.15, -0.1) is 0 Å². The topological polar surface area (TPSA) is 90.4 Å². The molecule has 110 valence electrons. The fraction of sp³-hybridized carbons (Fsp3) is 0.357. The summed E-state index contributed by atoms with van der Waals surface area (Å²) in [6.45, 7) is 0.798. The fourth-order valence-corrected chi connectivity index (χ4v) is 1.97. The van der Waals surface area contributed by atoms with Crippen molar-refractivity contribution in [3.8, 4) is 5.75 Å². The standard InChI is InChI=1S/C14H15N3O4/c18-17(19)12-3-4-14(20-9-13-5-6-16-21-13)10(7-12)8-15-11-1-2-11/h3-7,11,15H,1-2,8-9H2. The predicted octanol–water partition coefficient (Wildman–Crippen LogP) is 2.41. The molecule has 1 aromatic heterocycles. The second-order valence-corrected chi connectivity index (χ2v) is 4.97. The van der Waals surface area contributed by atoms with Crippen molar-refractivity contribution >= 4 is 5.69 Å². The van der Waals surface area contributed by atoms with Gasteiger partial charge >= 0.3 is 0 Å². The van der Waals surface area contributed by atoms with Crippen LogP contribution in [0.5, 0.6) is 5.75 Å². The van der Waals surface area contributed by atoms with Gasteiger partial charge in [0.05, 0.1) is 11.1 Å². The third-order valence-corrected chi connectivity index (χ3v) is 3.27. The summed E-state index contributed by atoms with van der Waals surface area (Å²) in [6.07, 6.45) is 3.86. The molecule has 1 aliphatic rings. The van der Waals surface area contributed by atoms with Crippen molar-refractivity contribution in [2.75, 3.05) is 0 Å². The predicted molar refractivity (Wildman–Crippen MR) is 73.8 cm³/mol. The lowest BCUT2D eigenvalue weighted by Gasteiger charge is -2.11. The van der Waals surface area contributed by atoms with Crippen molar-refractivity contribution in [1.82, 2.24) is 10.5 Å². The molecule has 1 heterocycles. The highest BCUT2D eigenvalue weighted by molar-refractivity contribution is 5.43. The summed E-state index contributed by atoms with van der Waals surface area (Å²) in [6, 6.07) is 6.85. The molecule has 3 rings (SSSR count). The molecule has 7 heteroatoms. The highest BCUT2D eigenvalue weighted by Crippen LogP contribution is 2.27. The van der Waals surface area contributed by atoms with Crippen molar-refractivity contribution in [2.24, 2.45) is 0 Å². The lowest BCUT2D eigenvalue weighted by Crippen LogP contribution is -2.16. The molecule has 1 fully saturated rings. The van der Waals surface area contributed by atoms with E-state index in [-0.39, 0.29) is 12.3 Å². The summed E-state index contributed by atoms with van der Waals surface area (Å²) in [5.74, 6) is 1.22. The molecule has 0 unspecified atom stereocenters. The summed E-state index contributed by atoms with van der Waals surface area (Å²) >= 11 is 0. The third kappa shape index (κ3) is 3.57. The van der Waals surface area contributed by atoms with Crippen LogP contribution in [0.2, 0.25) is 0 Å². The first-order valence-corrected chi connectivity index (χ1v) is 6.75. The normalized spacial score (nSPS) is 14.1. The number of rotatable bonds is 7. The Hall–Kier alpha value is -2.41. The third-order valence-electron chi connectivity index (χ3n) is 3.27. The lowest BCUT2D eigenvalue weighted by atomic mass is 10.1. The van der Waals surface area contributed by atoms with Crippen molar-refractivity contribution < 1.29 is 14.2 Å². The van der Waals surface area contributed by atoms with Crippen LogP contribution in [0.4, 0.5) is 5.69 Å². The summed E-state index contributed by atoms with van der Waals surface area (Å²) in [5, 5.41) is 17.8. The number of non-ortho nitro benzene ring substituents is 1. The minimum absolute atomic E-state index is 0.0645. The molecule has 0 spiro atoms. The number of nitro benzene ring substituents is 1. The van der Waals surface area contributed by atoms with E-state index < -0.39 is 4.92 Å². The van der Waals surface area contributed by atoms with Gasteiger partial charge in [0, 0.05) is 36.3 Å². The molecule has 0 bridgehead atoms. The first-order valence-electron chi connectivity index (χ1n) is 6.75. The van der Waals surface area contributed by atoms with Crippen molar-refractivity contribution in [3.63, 3.8) is 0 Å². The maximum Gasteiger partial charge on any atom is 0.270 e. The van der Waals surface area contributed by atoms with E-state index in [2.05, 4.69) is 10.5 Å². The van der Waals surface area contributed by atoms with E-state index in [0.29, 0.717) is 24.1 Å². The average Bonchev–Trinajstić information content (AvgIpc) is 3.17. The lowest BCUT2D eigenvalue weighted by molar-refractivity contribution is -0.384. The van der Waals surface area contributed by atoms with Gasteiger partial charge < -0.3 is 14.6 Å². The Morgan fingerprint density at radius 2 is 2.29 bits per heavy atom. The number of aromatic nitrogens is 1. The van der Waals surface area contributed by atoms with Crippen LogP contribution in [-0.4, -0.2) is 16.1 Å². The van der Waals surface area contributed by atoms with Crippen LogP contribution in [0, 0.1) is 10.1 Å². The van der Waals surface area contributed by atoms with Crippen LogP contribution in [0.3, 0.4) is 0 Å². The number of hydrogen-bond donors (Lipinski definition) is 1. The number of nitro groups is 1. The monoisotopic (exact) mass is 289 g/mol. The van der Waals surface area contributed by atoms with E-state index in [1.807, 2.05) is 0 Å². The van der Waals surface area contributed by atoms with Gasteiger partial charge in [-0.25, -0.2) is 0 Å². The van der Waals surface area contributed by atoms with Gasteiger partial charge in [0.2, 0.25) is 0 Å². The molecule has 21 heavy (non-hydrogen) atoms. The molecule has 0 radical (unpaired) electrons. The van der Waals surface area contributed by atoms with Gasteiger partial charge in [-0.2, -0.15) is 0 Å². The molecule has 0 saturated heterocycles. The number of nitrogens with one attached hydrogen (secondary N) is 1. The molecule has 1 aromatic carbocycles. The quantitative estimate of drug-likeness (QED) is 0.621. The smallest absolute Gasteiger partial charge is 0.270 e. The van der Waals surface area contributed by atoms with E-state index in [1.54, 1.807) is 24.4 Å². The van der Waals surface area contributed by atoms with Crippen LogP contribution in [0.25, 0.3) is 0 Å². The van der Waals surface area contributed by atoms with E-state index in [9.17, 15) is 10.1 Å². The second kappa shape index (κ2) is 5.92. The maximum atomic E-state index is 10.9. The van der Waals surface area contributed by atoms with Crippen LogP contribution in [0.1, 0.15) is 24.2 Å². The molecular formula is C14H15N3O4. The van der Waals surface area contributed by atoms with Crippen molar-refractivity contribution in [2.45, 2.75) is 32.0 Å². The van der Waals surface area contributed by atoms with Crippen LogP contribution in [0.15, 0.2) is 35.0 Å². The molecule has 0 aliphatic heterocycles. The summed E-state index contributed by atoms with van der Waals surface area (Å²) in [7, 11) is 0. The molecule has 1 N–H and O–H groups in total. The number of nitrogens with zero attached hydrogens (tertiary/aromatic N) is 2. The first-order chi connectivity index (χ1) is 10.2. The summed E-state index contributed by atoms with van der Waals surface area (Å²) in [5.41, 5.74) is 0.838. The Morgan fingerprint density at radius 3 is 2.95 bits per heavy atom. The Bertz CT molecular complexity index is 623. The summed E-state index contributed by atoms with van der Waals surface area (Å²) in [4.78, 5) is 10.5. The fourth-order valence-electron chi connectivity index (χ4n) is 1.97. The molecule has 0 atom stereocenters. The zero-order chi connectivity index (χ0) is 14.7. The minimum atomic E-state index is -0.402. The van der Waals surface area contributed by atoms with Gasteiger partial charge in [-0.05, 0) is 18.9 Å². The van der Waals surface area contributed by atoms with Gasteiger partial charge in [0.15, 0.2) is 5.76 Å². The Balaban J connectivity index is 1.73. The van der Waals surface area contributed by atoms with Crippen LogP contribution in [-0.2, 0) is 13.2 Å². The largest absolute Gasteiger partial charge is 0.485 e. The molecule has 1 saturated carbocycles. The Morgan fingerprint density at radius 1 is 1.43 bits per heavy atom. The second-order valence-electron chi connectivity index (χ2n) is 4.97. The van der Waals surface area contributed by atoms with Gasteiger partial charge in [-0.1, -0.05) is 5.16 Å². The van der Waals surface area contributed by atoms with E-state index in [0.717, 1.165) is 18.4 Å². The number of ether oxygens (including phenoxy) is 1. The first kappa shape index (κ1) is 13.6. The van der Waals surface area contributed by atoms with Gasteiger partial charge in [0.1, 0.15) is 12.4 Å². The van der Waals surface area contributed by atoms with Crippen LogP contribution >= 0.6 is 0 Å². The molecule has 1 aliphatic carbocycles. The van der Waals surface area contributed by atoms with Crippen molar-refractivity contribution in [3.05, 3.63) is 51.9 Å². The Labute approximate surface area is 121 Å². The highest BCUT2D eigenvalue weighted by atomic mass is 16.6. The van der Waals surface area contributed by atoms with E-state index in [1.165, 1.54) is 6.07 Å². The zero-order valence-corrected chi connectivity index (χ0v) is 11.3. The van der Waals surface area contributed by atoms with Gasteiger partial charge in [0.25, 0.3) is 5.69 Å². The molecule has 7 nitrogen and oxygen atoms in total. The molecule has 2 aromatic rings. The SMILES string of the molecule is O=[N+]([O-])c1ccc(OCc2ccno2)c(CNC2CC2)c1. The van der Waals surface area contributed by atoms with E-state index in [4.69, 9.17) is 9.26 Å². The number of benzene rings is 1. The van der Waals surface area contributed by atoms with E-state index >= 15 is 0 Å². The zero-order valence-electron chi connectivity index (χ0n) is 11.3. The van der Waals surface area contributed by atoms with Crippen molar-refractivity contribution in [1.29, 1.82) is 0 Å². The molecular weight excluding hydrogens is 274 g/mol.